The van der Waals surface area contributed by atoms with Crippen LogP contribution >= 0.6 is 0 Å². The number of benzene rings is 3. The predicted molar refractivity (Wildman–Crippen MR) is 164 cm³/mol. The second-order valence-corrected chi connectivity index (χ2v) is 13.1. The third-order valence-electron chi connectivity index (χ3n) is 9.95. The summed E-state index contributed by atoms with van der Waals surface area (Å²) in [6.07, 6.45) is 0.262. The summed E-state index contributed by atoms with van der Waals surface area (Å²) in [4.78, 5) is 27.8. The molecule has 0 saturated heterocycles. The molecule has 4 atom stereocenters. The van der Waals surface area contributed by atoms with Crippen LogP contribution in [0, 0.1) is 11.3 Å². The molecule has 43 heavy (non-hydrogen) atoms. The molecule has 2 aliphatic rings. The Bertz CT molecular complexity index is 1470. The number of aryl methyl sites for hydroxylation is 1. The van der Waals surface area contributed by atoms with E-state index in [1.165, 1.54) is 28.8 Å². The van der Waals surface area contributed by atoms with Gasteiger partial charge >= 0.3 is 6.18 Å². The summed E-state index contributed by atoms with van der Waals surface area (Å²) in [5.74, 6) is -0.0430. The van der Waals surface area contributed by atoms with Gasteiger partial charge in [-0.2, -0.15) is 13.2 Å². The topological polar surface area (TPSA) is 58.2 Å². The van der Waals surface area contributed by atoms with Crippen LogP contribution in [-0.4, -0.2) is 17.9 Å². The number of alkyl halides is 3. The van der Waals surface area contributed by atoms with E-state index in [-0.39, 0.29) is 29.3 Å². The highest BCUT2D eigenvalue weighted by atomic mass is 19.4. The summed E-state index contributed by atoms with van der Waals surface area (Å²) in [6.45, 7) is 8.76. The Hall–Kier alpha value is -3.61. The lowest BCUT2D eigenvalue weighted by Crippen LogP contribution is -2.58. The fourth-order valence-corrected chi connectivity index (χ4v) is 7.50. The van der Waals surface area contributed by atoms with E-state index < -0.39 is 29.1 Å². The van der Waals surface area contributed by atoms with Crippen molar-refractivity contribution in [1.29, 1.82) is 0 Å². The molecule has 0 heterocycles. The highest BCUT2D eigenvalue weighted by Gasteiger charge is 2.55. The SMILES string of the molecule is CC(C)c1ccc2c(c1)CC[C@H]1[C@](C)(C(=O)N[C@H](Cc3ccccc3)C(=O)Nc3ccc(C(F)(F)F)cc3)CCC[C@]21C. The van der Waals surface area contributed by atoms with Gasteiger partial charge in [0.05, 0.1) is 11.0 Å². The van der Waals surface area contributed by atoms with Crippen molar-refractivity contribution < 1.29 is 22.8 Å². The van der Waals surface area contributed by atoms with E-state index in [1.54, 1.807) is 0 Å². The molecular formula is C36H41F3N2O2. The zero-order valence-electron chi connectivity index (χ0n) is 25.4. The predicted octanol–water partition coefficient (Wildman–Crippen LogP) is 8.21. The smallest absolute Gasteiger partial charge is 0.343 e. The highest BCUT2D eigenvalue weighted by Crippen LogP contribution is 2.57. The van der Waals surface area contributed by atoms with E-state index in [0.29, 0.717) is 5.92 Å². The third-order valence-corrected chi connectivity index (χ3v) is 9.95. The van der Waals surface area contributed by atoms with Crippen molar-refractivity contribution in [2.24, 2.45) is 11.3 Å². The van der Waals surface area contributed by atoms with Crippen LogP contribution in [0.1, 0.15) is 87.1 Å². The molecule has 0 aromatic heterocycles. The summed E-state index contributed by atoms with van der Waals surface area (Å²) in [5, 5.41) is 5.83. The van der Waals surface area contributed by atoms with E-state index in [1.807, 2.05) is 37.3 Å². The van der Waals surface area contributed by atoms with Crippen LogP contribution in [0.25, 0.3) is 0 Å². The molecular weight excluding hydrogens is 549 g/mol. The normalized spacial score (nSPS) is 24.0. The molecule has 2 aliphatic carbocycles. The standard InChI is InChI=1S/C36H41F3N2O2/c1-23(2)25-11-17-29-26(22-25)12-18-31-34(29,3)19-8-20-35(31,4)33(43)41-30(21-24-9-6-5-7-10-24)32(42)40-28-15-13-27(14-16-28)36(37,38)39/h5-7,9-11,13-17,22-23,30-31H,8,12,18-21H2,1-4H3,(H,40,42)(H,41,43)/t30-,31-,34-,35-/m1/s1. The van der Waals surface area contributed by atoms with Crippen LogP contribution in [0.15, 0.2) is 72.8 Å². The maximum Gasteiger partial charge on any atom is 0.416 e. The molecule has 2 N–H and O–H groups in total. The van der Waals surface area contributed by atoms with Crippen LogP contribution < -0.4 is 10.6 Å². The first kappa shape index (κ1) is 30.8. The van der Waals surface area contributed by atoms with Crippen LogP contribution in [0.4, 0.5) is 18.9 Å². The van der Waals surface area contributed by atoms with Gasteiger partial charge < -0.3 is 10.6 Å². The molecule has 7 heteroatoms. The average Bonchev–Trinajstić information content (AvgIpc) is 2.96. The van der Waals surface area contributed by atoms with E-state index in [4.69, 9.17) is 0 Å². The van der Waals surface area contributed by atoms with Gasteiger partial charge in [0.15, 0.2) is 0 Å². The summed E-state index contributed by atoms with van der Waals surface area (Å²) < 4.78 is 39.2. The largest absolute Gasteiger partial charge is 0.416 e. The maximum atomic E-state index is 14.3. The van der Waals surface area contributed by atoms with Crippen molar-refractivity contribution in [3.05, 3.63) is 101 Å². The first-order valence-corrected chi connectivity index (χ1v) is 15.3. The lowest BCUT2D eigenvalue weighted by atomic mass is 9.49. The maximum absolute atomic E-state index is 14.3. The van der Waals surface area contributed by atoms with Crippen molar-refractivity contribution in [1.82, 2.24) is 5.32 Å². The Morgan fingerprint density at radius 3 is 2.30 bits per heavy atom. The number of hydrogen-bond acceptors (Lipinski definition) is 2. The Morgan fingerprint density at radius 2 is 1.65 bits per heavy atom. The first-order chi connectivity index (χ1) is 20.3. The zero-order chi connectivity index (χ0) is 31.0. The Balaban J connectivity index is 1.39. The average molecular weight is 591 g/mol. The molecule has 2 amide bonds. The van der Waals surface area contributed by atoms with Crippen molar-refractivity contribution >= 4 is 17.5 Å². The van der Waals surface area contributed by atoms with Gasteiger partial charge in [0.2, 0.25) is 11.8 Å². The number of rotatable bonds is 7. The van der Waals surface area contributed by atoms with Crippen molar-refractivity contribution in [2.75, 3.05) is 5.32 Å². The van der Waals surface area contributed by atoms with Gasteiger partial charge in [-0.25, -0.2) is 0 Å². The molecule has 1 saturated carbocycles. The van der Waals surface area contributed by atoms with E-state index in [0.717, 1.165) is 49.8 Å². The number of carbonyl (C=O) groups is 2. The van der Waals surface area contributed by atoms with Crippen LogP contribution in [-0.2, 0) is 34.0 Å². The second kappa shape index (κ2) is 11.8. The minimum absolute atomic E-state index is 0.112. The number of hydrogen-bond donors (Lipinski definition) is 2. The Morgan fingerprint density at radius 1 is 0.953 bits per heavy atom. The van der Waals surface area contributed by atoms with Gasteiger partial charge in [-0.1, -0.05) is 82.6 Å². The molecule has 3 aromatic carbocycles. The molecule has 228 valence electrons. The third kappa shape index (κ3) is 6.22. The molecule has 0 spiro atoms. The van der Waals surface area contributed by atoms with Gasteiger partial charge in [0.1, 0.15) is 6.04 Å². The van der Waals surface area contributed by atoms with Crippen LogP contribution in [0.3, 0.4) is 0 Å². The first-order valence-electron chi connectivity index (χ1n) is 15.3. The fraction of sp³-hybridized carbons (Fsp3) is 0.444. The van der Waals surface area contributed by atoms with E-state index >= 15 is 0 Å². The van der Waals surface area contributed by atoms with Crippen molar-refractivity contribution in [2.45, 2.75) is 89.8 Å². The molecule has 0 radical (unpaired) electrons. The van der Waals surface area contributed by atoms with Gasteiger partial charge in [0, 0.05) is 12.1 Å². The monoisotopic (exact) mass is 590 g/mol. The zero-order valence-corrected chi connectivity index (χ0v) is 25.4. The molecule has 0 bridgehead atoms. The minimum atomic E-state index is -4.47. The number of amides is 2. The summed E-state index contributed by atoms with van der Waals surface area (Å²) in [7, 11) is 0. The number of halogens is 3. The van der Waals surface area contributed by atoms with Crippen LogP contribution in [0.2, 0.25) is 0 Å². The van der Waals surface area contributed by atoms with Gasteiger partial charge in [-0.05, 0) is 89.5 Å². The number of fused-ring (bicyclic) bond motifs is 3. The molecule has 3 aromatic rings. The molecule has 5 rings (SSSR count). The Labute approximate surface area is 252 Å². The van der Waals surface area contributed by atoms with Crippen LogP contribution in [0.5, 0.6) is 0 Å². The summed E-state index contributed by atoms with van der Waals surface area (Å²) >= 11 is 0. The number of nitrogens with one attached hydrogen (secondary N) is 2. The van der Waals surface area contributed by atoms with Crippen molar-refractivity contribution in [3.63, 3.8) is 0 Å². The highest BCUT2D eigenvalue weighted by molar-refractivity contribution is 5.98. The summed E-state index contributed by atoms with van der Waals surface area (Å²) in [6, 6.07) is 19.7. The van der Waals surface area contributed by atoms with Gasteiger partial charge in [0.25, 0.3) is 0 Å². The molecule has 1 fully saturated rings. The fourth-order valence-electron chi connectivity index (χ4n) is 7.50. The summed E-state index contributed by atoms with van der Waals surface area (Å²) in [5.41, 5.74) is 3.56. The molecule has 0 aliphatic heterocycles. The Kier molecular flexibility index (Phi) is 8.47. The van der Waals surface area contributed by atoms with Gasteiger partial charge in [-0.3, -0.25) is 9.59 Å². The van der Waals surface area contributed by atoms with Gasteiger partial charge in [-0.15, -0.1) is 0 Å². The van der Waals surface area contributed by atoms with Crippen molar-refractivity contribution in [3.8, 4) is 0 Å². The molecule has 0 unspecified atom stereocenters. The second-order valence-electron chi connectivity index (χ2n) is 13.1. The quantitative estimate of drug-likeness (QED) is 0.291. The lowest BCUT2D eigenvalue weighted by molar-refractivity contribution is -0.141. The van der Waals surface area contributed by atoms with E-state index in [2.05, 4.69) is 49.6 Å². The minimum Gasteiger partial charge on any atom is -0.343 e. The lowest BCUT2D eigenvalue weighted by Gasteiger charge is -2.54. The molecule has 4 nitrogen and oxygen atoms in total. The number of anilines is 1. The van der Waals surface area contributed by atoms with E-state index in [9.17, 15) is 22.8 Å². The number of carbonyl (C=O) groups excluding carboxylic acids is 2.